The Morgan fingerprint density at radius 2 is 2.08 bits per heavy atom. The van der Waals surface area contributed by atoms with E-state index in [9.17, 15) is 4.39 Å². The van der Waals surface area contributed by atoms with Gasteiger partial charge in [-0.25, -0.2) is 13.9 Å². The van der Waals surface area contributed by atoms with E-state index in [-0.39, 0.29) is 11.7 Å². The van der Waals surface area contributed by atoms with Crippen molar-refractivity contribution in [2.75, 3.05) is 5.32 Å². The van der Waals surface area contributed by atoms with Crippen molar-refractivity contribution in [3.05, 3.63) is 71.6 Å². The van der Waals surface area contributed by atoms with Gasteiger partial charge in [0.25, 0.3) is 0 Å². The molecular weight excluding hydrogens is 333 g/mol. The highest BCUT2D eigenvalue weighted by atomic mass is 19.1. The van der Waals surface area contributed by atoms with E-state index in [1.165, 1.54) is 12.1 Å². The number of benzene rings is 1. The number of hydrogen-bond donors (Lipinski definition) is 2. The monoisotopic (exact) mass is 347 g/mol. The van der Waals surface area contributed by atoms with Crippen LogP contribution in [0.2, 0.25) is 0 Å². The minimum Gasteiger partial charge on any atom is -0.322 e. The second-order valence-corrected chi connectivity index (χ2v) is 5.83. The summed E-state index contributed by atoms with van der Waals surface area (Å²) in [6.45, 7) is 1.96. The van der Waals surface area contributed by atoms with E-state index in [4.69, 9.17) is 5.26 Å². The van der Waals surface area contributed by atoms with Crippen LogP contribution in [-0.4, -0.2) is 24.8 Å². The highest BCUT2D eigenvalue weighted by Crippen LogP contribution is 2.25. The molecule has 0 amide bonds. The van der Waals surface area contributed by atoms with Crippen LogP contribution in [0, 0.1) is 17.1 Å². The second kappa shape index (κ2) is 6.29. The van der Waals surface area contributed by atoms with Gasteiger partial charge in [-0.15, -0.1) is 0 Å². The molecule has 26 heavy (non-hydrogen) atoms. The van der Waals surface area contributed by atoms with Crippen molar-refractivity contribution in [3.8, 4) is 6.07 Å². The van der Waals surface area contributed by atoms with Crippen LogP contribution in [0.25, 0.3) is 5.52 Å². The second-order valence-electron chi connectivity index (χ2n) is 5.83. The average molecular weight is 347 g/mol. The lowest BCUT2D eigenvalue weighted by Crippen LogP contribution is -2.09. The molecule has 128 valence electrons. The molecule has 0 saturated heterocycles. The fraction of sp³-hybridized carbons (Fsp3) is 0.111. The summed E-state index contributed by atoms with van der Waals surface area (Å²) in [5, 5.41) is 23.3. The summed E-state index contributed by atoms with van der Waals surface area (Å²) < 4.78 is 14.9. The molecule has 7 nitrogen and oxygen atoms in total. The first-order valence-corrected chi connectivity index (χ1v) is 7.97. The third kappa shape index (κ3) is 2.86. The number of nitrogens with zero attached hydrogens (tertiary/aromatic N) is 5. The van der Waals surface area contributed by atoms with E-state index in [2.05, 4.69) is 25.6 Å². The molecule has 1 unspecified atom stereocenters. The van der Waals surface area contributed by atoms with Crippen LogP contribution in [-0.2, 0) is 0 Å². The summed E-state index contributed by atoms with van der Waals surface area (Å²) in [6.07, 6.45) is 1.83. The first-order chi connectivity index (χ1) is 12.6. The molecule has 4 aromatic rings. The summed E-state index contributed by atoms with van der Waals surface area (Å²) in [5.74, 6) is 1.24. The fourth-order valence-corrected chi connectivity index (χ4v) is 2.69. The van der Waals surface area contributed by atoms with Crippen molar-refractivity contribution >= 4 is 17.2 Å². The van der Waals surface area contributed by atoms with Gasteiger partial charge in [0.05, 0.1) is 0 Å². The number of anilines is 2. The van der Waals surface area contributed by atoms with Gasteiger partial charge < -0.3 is 5.32 Å². The van der Waals surface area contributed by atoms with Gasteiger partial charge in [-0.05, 0) is 29.8 Å². The van der Waals surface area contributed by atoms with E-state index >= 15 is 0 Å². The maximum Gasteiger partial charge on any atom is 0.159 e. The number of aromatic amines is 1. The van der Waals surface area contributed by atoms with Crippen LogP contribution in [0.15, 0.2) is 48.7 Å². The zero-order valence-electron chi connectivity index (χ0n) is 13.8. The lowest BCUT2D eigenvalue weighted by atomic mass is 10.0. The number of halogens is 1. The molecule has 0 aliphatic rings. The van der Waals surface area contributed by atoms with Gasteiger partial charge >= 0.3 is 0 Å². The van der Waals surface area contributed by atoms with Gasteiger partial charge in [-0.2, -0.15) is 15.5 Å². The molecule has 1 aromatic carbocycles. The predicted octanol–water partition coefficient (Wildman–Crippen LogP) is 3.36. The zero-order chi connectivity index (χ0) is 18.1. The van der Waals surface area contributed by atoms with Crippen LogP contribution in [0.5, 0.6) is 0 Å². The number of nitrogens with one attached hydrogen (secondary N) is 2. The van der Waals surface area contributed by atoms with Crippen LogP contribution in [0.1, 0.15) is 29.9 Å². The van der Waals surface area contributed by atoms with Crippen molar-refractivity contribution in [2.24, 2.45) is 0 Å². The van der Waals surface area contributed by atoms with Crippen molar-refractivity contribution in [2.45, 2.75) is 12.8 Å². The van der Waals surface area contributed by atoms with Gasteiger partial charge in [0, 0.05) is 18.2 Å². The summed E-state index contributed by atoms with van der Waals surface area (Å²) >= 11 is 0. The Morgan fingerprint density at radius 3 is 2.81 bits per heavy atom. The quantitative estimate of drug-likeness (QED) is 0.590. The van der Waals surface area contributed by atoms with Crippen molar-refractivity contribution < 1.29 is 4.39 Å². The van der Waals surface area contributed by atoms with Crippen LogP contribution in [0.4, 0.5) is 16.0 Å². The summed E-state index contributed by atoms with van der Waals surface area (Å²) in [5.41, 5.74) is 2.05. The molecule has 4 rings (SSSR count). The van der Waals surface area contributed by atoms with E-state index < -0.39 is 0 Å². The van der Waals surface area contributed by atoms with Gasteiger partial charge in [-0.3, -0.25) is 5.10 Å². The minimum absolute atomic E-state index is 0.128. The van der Waals surface area contributed by atoms with Gasteiger partial charge in [0.2, 0.25) is 0 Å². The molecule has 0 fully saturated rings. The third-order valence-corrected chi connectivity index (χ3v) is 4.11. The Labute approximate surface area is 148 Å². The molecule has 0 aliphatic carbocycles. The van der Waals surface area contributed by atoms with E-state index in [0.717, 1.165) is 11.1 Å². The summed E-state index contributed by atoms with van der Waals surface area (Å²) in [4.78, 5) is 4.63. The number of aromatic nitrogens is 5. The Balaban J connectivity index is 1.74. The Kier molecular flexibility index (Phi) is 3.82. The van der Waals surface area contributed by atoms with Crippen LogP contribution < -0.4 is 5.32 Å². The zero-order valence-corrected chi connectivity index (χ0v) is 13.8. The van der Waals surface area contributed by atoms with E-state index in [0.29, 0.717) is 23.2 Å². The summed E-state index contributed by atoms with van der Waals surface area (Å²) in [7, 11) is 0. The van der Waals surface area contributed by atoms with Crippen molar-refractivity contribution in [1.82, 2.24) is 24.8 Å². The highest BCUT2D eigenvalue weighted by molar-refractivity contribution is 5.72. The molecular formula is C18H14FN7. The van der Waals surface area contributed by atoms with Gasteiger partial charge in [-0.1, -0.05) is 19.1 Å². The number of rotatable bonds is 4. The molecule has 0 saturated carbocycles. The molecule has 0 radical (unpaired) electrons. The van der Waals surface area contributed by atoms with Crippen molar-refractivity contribution in [1.29, 1.82) is 5.26 Å². The van der Waals surface area contributed by atoms with Gasteiger partial charge in [0.1, 0.15) is 23.1 Å². The largest absolute Gasteiger partial charge is 0.322 e. The normalized spacial score (nSPS) is 12.0. The molecule has 0 bridgehead atoms. The fourth-order valence-electron chi connectivity index (χ4n) is 2.69. The standard InChI is InChI=1S/C18H14FN7/c1-11(12-4-6-13(19)7-5-12)17-22-18(15-3-2-8-26(15)25-17)21-16-9-14(10-20)23-24-16/h2-9,11H,1H3,(H2,21,22,23,24,25). The maximum absolute atomic E-state index is 13.2. The Morgan fingerprint density at radius 1 is 1.27 bits per heavy atom. The number of nitriles is 1. The van der Waals surface area contributed by atoms with Crippen LogP contribution in [0.3, 0.4) is 0 Å². The Hall–Kier alpha value is -3.73. The molecule has 1 atom stereocenters. The first kappa shape index (κ1) is 15.8. The average Bonchev–Trinajstić information content (AvgIpc) is 3.30. The molecule has 0 spiro atoms. The van der Waals surface area contributed by atoms with Gasteiger partial charge in [0.15, 0.2) is 17.5 Å². The lowest BCUT2D eigenvalue weighted by molar-refractivity contribution is 0.626. The lowest BCUT2D eigenvalue weighted by Gasteiger charge is -2.13. The molecule has 2 N–H and O–H groups in total. The molecule has 8 heteroatoms. The molecule has 0 aliphatic heterocycles. The van der Waals surface area contributed by atoms with Crippen LogP contribution >= 0.6 is 0 Å². The van der Waals surface area contributed by atoms with Crippen molar-refractivity contribution in [3.63, 3.8) is 0 Å². The number of fused-ring (bicyclic) bond motifs is 1. The smallest absolute Gasteiger partial charge is 0.159 e. The number of hydrogen-bond acceptors (Lipinski definition) is 5. The van der Waals surface area contributed by atoms with E-state index in [1.807, 2.05) is 31.3 Å². The molecule has 3 heterocycles. The SMILES string of the molecule is CC(c1ccc(F)cc1)c1nc(Nc2cc(C#N)[nH]n2)c2cccn2n1. The third-order valence-electron chi connectivity index (χ3n) is 4.11. The molecule has 3 aromatic heterocycles. The first-order valence-electron chi connectivity index (χ1n) is 7.97. The summed E-state index contributed by atoms with van der Waals surface area (Å²) in [6, 6.07) is 13.6. The topological polar surface area (TPSA) is 94.7 Å². The maximum atomic E-state index is 13.2. The predicted molar refractivity (Wildman–Crippen MR) is 93.5 cm³/mol. The Bertz CT molecular complexity index is 1100. The van der Waals surface area contributed by atoms with E-state index in [1.54, 1.807) is 22.7 Å². The minimum atomic E-state index is -0.281. The highest BCUT2D eigenvalue weighted by Gasteiger charge is 2.16. The number of H-pyrrole nitrogens is 1.